The second-order valence-electron chi connectivity index (χ2n) is 9.09. The van der Waals surface area contributed by atoms with Gasteiger partial charge in [0.1, 0.15) is 0 Å². The fraction of sp³-hybridized carbons (Fsp3) is 0.320. The van der Waals surface area contributed by atoms with Crippen LogP contribution in [-0.2, 0) is 17.1 Å². The number of nitrogens with one attached hydrogen (secondary N) is 2. The lowest BCUT2D eigenvalue weighted by atomic mass is 9.96. The number of hydrogen-bond donors (Lipinski definition) is 2. The van der Waals surface area contributed by atoms with Crippen LogP contribution in [0.5, 0.6) is 0 Å². The summed E-state index contributed by atoms with van der Waals surface area (Å²) in [6.07, 6.45) is 12.0. The molecular weight excluding hydrogens is 490 g/mol. The second-order valence-corrected chi connectivity index (χ2v) is 10.7. The Morgan fingerprint density at radius 3 is 2.76 bits per heavy atom. The molecule has 0 aliphatic heterocycles. The molecule has 1 saturated carbocycles. The van der Waals surface area contributed by atoms with Crippen molar-refractivity contribution in [1.82, 2.24) is 29.5 Å². The van der Waals surface area contributed by atoms with Crippen molar-refractivity contribution in [3.05, 3.63) is 61.2 Å². The number of anilines is 3. The Balaban J connectivity index is 1.32. The Kier molecular flexibility index (Phi) is 6.87. The molecular formula is C25H27N9O2S. The predicted molar refractivity (Wildman–Crippen MR) is 138 cm³/mol. The average Bonchev–Trinajstić information content (AvgIpc) is 3.65. The Morgan fingerprint density at radius 1 is 1.19 bits per heavy atom. The topological polar surface area (TPSA) is 143 Å². The number of aryl methyl sites for hydroxylation is 1. The molecule has 1 fully saturated rings. The van der Waals surface area contributed by atoms with Gasteiger partial charge in [0.25, 0.3) is 10.0 Å². The van der Waals surface area contributed by atoms with E-state index in [1.165, 1.54) is 23.6 Å². The summed E-state index contributed by atoms with van der Waals surface area (Å²) in [4.78, 5) is 8.92. The molecule has 1 aromatic carbocycles. The summed E-state index contributed by atoms with van der Waals surface area (Å²) in [5, 5.41) is 20.9. The fourth-order valence-electron chi connectivity index (χ4n) is 4.68. The number of nitriles is 1. The van der Waals surface area contributed by atoms with Crippen LogP contribution in [0.4, 0.5) is 17.3 Å². The summed E-state index contributed by atoms with van der Waals surface area (Å²) in [5.74, 6) is 0.830. The van der Waals surface area contributed by atoms with Gasteiger partial charge in [0.2, 0.25) is 5.95 Å². The van der Waals surface area contributed by atoms with Crippen LogP contribution >= 0.6 is 0 Å². The lowest BCUT2D eigenvalue weighted by Crippen LogP contribution is -2.17. The summed E-state index contributed by atoms with van der Waals surface area (Å²) >= 11 is 0. The number of sulfonamides is 1. The van der Waals surface area contributed by atoms with Crippen molar-refractivity contribution in [1.29, 1.82) is 5.26 Å². The Bertz CT molecular complexity index is 1530. The maximum Gasteiger partial charge on any atom is 0.281 e. The van der Waals surface area contributed by atoms with Crippen LogP contribution in [-0.4, -0.2) is 37.9 Å². The van der Waals surface area contributed by atoms with Crippen LogP contribution < -0.4 is 10.0 Å². The fourth-order valence-corrected chi connectivity index (χ4v) is 5.70. The Hall–Kier alpha value is -4.24. The van der Waals surface area contributed by atoms with Crippen molar-refractivity contribution < 1.29 is 8.42 Å². The lowest BCUT2D eigenvalue weighted by molar-refractivity contribution is 0.315. The molecule has 1 aliphatic rings. The molecule has 1 atom stereocenters. The van der Waals surface area contributed by atoms with Crippen LogP contribution in [0.15, 0.2) is 66.2 Å². The maximum atomic E-state index is 12.6. The second kappa shape index (κ2) is 10.4. The van der Waals surface area contributed by atoms with Crippen LogP contribution in [0, 0.1) is 17.2 Å². The molecule has 190 valence electrons. The van der Waals surface area contributed by atoms with Gasteiger partial charge in [0.05, 0.1) is 36.1 Å². The number of aromatic nitrogens is 6. The molecule has 12 heteroatoms. The largest absolute Gasteiger partial charge is 0.324 e. The molecule has 4 aromatic rings. The minimum Gasteiger partial charge on any atom is -0.324 e. The van der Waals surface area contributed by atoms with E-state index in [1.807, 2.05) is 10.9 Å². The average molecular weight is 518 g/mol. The smallest absolute Gasteiger partial charge is 0.281 e. The summed E-state index contributed by atoms with van der Waals surface area (Å²) < 4.78 is 31.1. The highest BCUT2D eigenvalue weighted by Crippen LogP contribution is 2.36. The van der Waals surface area contributed by atoms with Crippen molar-refractivity contribution in [2.45, 2.75) is 43.2 Å². The molecule has 0 saturated heterocycles. The zero-order chi connectivity index (χ0) is 25.8. The lowest BCUT2D eigenvalue weighted by Gasteiger charge is -2.21. The molecule has 37 heavy (non-hydrogen) atoms. The molecule has 3 heterocycles. The standard InChI is InChI=1S/C25H27N9O2S/c1-33-14-11-24(31-33)37(35,36)32-21-8-4-7-20(15-21)29-25-27-13-10-22(30-25)19-16-28-34(17-19)23(9-12-26)18-5-2-3-6-18/h4,7-8,10-11,13-18,23,32H,2-3,5-6,9H2,1H3,(H,27,29,30). The summed E-state index contributed by atoms with van der Waals surface area (Å²) in [5.41, 5.74) is 2.52. The Labute approximate surface area is 215 Å². The molecule has 0 radical (unpaired) electrons. The summed E-state index contributed by atoms with van der Waals surface area (Å²) in [7, 11) is -2.15. The third-order valence-electron chi connectivity index (χ3n) is 6.47. The van der Waals surface area contributed by atoms with E-state index in [4.69, 9.17) is 0 Å². The number of rotatable bonds is 9. The molecule has 1 aliphatic carbocycles. The van der Waals surface area contributed by atoms with Gasteiger partial charge in [-0.1, -0.05) is 18.9 Å². The van der Waals surface area contributed by atoms with Gasteiger partial charge in [0, 0.05) is 36.9 Å². The van der Waals surface area contributed by atoms with E-state index in [1.54, 1.807) is 56.0 Å². The highest BCUT2D eigenvalue weighted by Gasteiger charge is 2.27. The SMILES string of the molecule is Cn1ccc(S(=O)(=O)Nc2cccc(Nc3nccc(-c4cnn(C(CC#N)C5CCCC5)c4)n3)c2)n1. The first-order valence-corrected chi connectivity index (χ1v) is 13.5. The minimum absolute atomic E-state index is 0.0603. The van der Waals surface area contributed by atoms with Gasteiger partial charge in [0.15, 0.2) is 5.03 Å². The molecule has 0 amide bonds. The maximum absolute atomic E-state index is 12.6. The van der Waals surface area contributed by atoms with Gasteiger partial charge in [-0.25, -0.2) is 9.97 Å². The molecule has 3 aromatic heterocycles. The van der Waals surface area contributed by atoms with Crippen LogP contribution in [0.1, 0.15) is 38.1 Å². The number of hydrogen-bond acceptors (Lipinski definition) is 8. The van der Waals surface area contributed by atoms with E-state index in [-0.39, 0.29) is 11.1 Å². The van der Waals surface area contributed by atoms with Crippen molar-refractivity contribution in [2.24, 2.45) is 13.0 Å². The summed E-state index contributed by atoms with van der Waals surface area (Å²) in [6, 6.07) is 12.4. The third-order valence-corrected chi connectivity index (χ3v) is 7.75. The van der Waals surface area contributed by atoms with Crippen molar-refractivity contribution >= 4 is 27.3 Å². The van der Waals surface area contributed by atoms with Gasteiger partial charge in [-0.3, -0.25) is 14.1 Å². The third kappa shape index (κ3) is 5.62. The highest BCUT2D eigenvalue weighted by molar-refractivity contribution is 7.92. The van der Waals surface area contributed by atoms with E-state index in [2.05, 4.69) is 36.3 Å². The monoisotopic (exact) mass is 517 g/mol. The van der Waals surface area contributed by atoms with Gasteiger partial charge >= 0.3 is 0 Å². The molecule has 0 bridgehead atoms. The zero-order valence-electron chi connectivity index (χ0n) is 20.3. The van der Waals surface area contributed by atoms with E-state index in [9.17, 15) is 13.7 Å². The van der Waals surface area contributed by atoms with Gasteiger partial charge in [-0.15, -0.1) is 0 Å². The number of nitrogens with zero attached hydrogens (tertiary/aromatic N) is 7. The molecule has 1 unspecified atom stereocenters. The summed E-state index contributed by atoms with van der Waals surface area (Å²) in [6.45, 7) is 0. The highest BCUT2D eigenvalue weighted by atomic mass is 32.2. The first-order valence-electron chi connectivity index (χ1n) is 12.1. The van der Waals surface area contributed by atoms with Gasteiger partial charge in [-0.05, 0) is 49.1 Å². The molecule has 2 N–H and O–H groups in total. The van der Waals surface area contributed by atoms with Gasteiger partial charge in [-0.2, -0.15) is 23.9 Å². The quantitative estimate of drug-likeness (QED) is 0.335. The predicted octanol–water partition coefficient (Wildman–Crippen LogP) is 4.26. The van der Waals surface area contributed by atoms with E-state index < -0.39 is 10.0 Å². The van der Waals surface area contributed by atoms with E-state index in [0.717, 1.165) is 18.4 Å². The molecule has 11 nitrogen and oxygen atoms in total. The zero-order valence-corrected chi connectivity index (χ0v) is 21.1. The van der Waals surface area contributed by atoms with Crippen LogP contribution in [0.25, 0.3) is 11.3 Å². The van der Waals surface area contributed by atoms with E-state index >= 15 is 0 Å². The first kappa shape index (κ1) is 24.5. The van der Waals surface area contributed by atoms with Crippen LogP contribution in [0.3, 0.4) is 0 Å². The molecule has 5 rings (SSSR count). The van der Waals surface area contributed by atoms with E-state index in [0.29, 0.717) is 35.4 Å². The van der Waals surface area contributed by atoms with Crippen molar-refractivity contribution in [3.63, 3.8) is 0 Å². The normalized spacial score (nSPS) is 14.8. The van der Waals surface area contributed by atoms with Crippen LogP contribution in [0.2, 0.25) is 0 Å². The van der Waals surface area contributed by atoms with Gasteiger partial charge < -0.3 is 5.32 Å². The minimum atomic E-state index is -3.81. The number of benzene rings is 1. The van der Waals surface area contributed by atoms with Crippen molar-refractivity contribution in [3.8, 4) is 17.3 Å². The first-order chi connectivity index (χ1) is 17.9. The molecule has 0 spiro atoms. The van der Waals surface area contributed by atoms with Crippen molar-refractivity contribution in [2.75, 3.05) is 10.0 Å². The Morgan fingerprint density at radius 2 is 2.00 bits per heavy atom.